The summed E-state index contributed by atoms with van der Waals surface area (Å²) in [5.74, 6) is 2.47. The third kappa shape index (κ3) is 5.38. The second-order valence-corrected chi connectivity index (χ2v) is 10.9. The lowest BCUT2D eigenvalue weighted by atomic mass is 10.0. The van der Waals surface area contributed by atoms with E-state index >= 15 is 0 Å². The normalized spacial score (nSPS) is 22.7. The molecule has 174 valence electrons. The monoisotopic (exact) mass is 459 g/mol. The molecule has 2 aliphatic rings. The van der Waals surface area contributed by atoms with Crippen LogP contribution >= 0.6 is 0 Å². The van der Waals surface area contributed by atoms with Crippen molar-refractivity contribution in [2.75, 3.05) is 25.0 Å². The third-order valence-corrected chi connectivity index (χ3v) is 7.67. The van der Waals surface area contributed by atoms with Gasteiger partial charge >= 0.3 is 0 Å². The lowest BCUT2D eigenvalue weighted by molar-refractivity contribution is 0.0906. The molecule has 1 aliphatic heterocycles. The number of pyridine rings is 1. The number of hydrogen-bond donors (Lipinski definition) is 1. The van der Waals surface area contributed by atoms with E-state index in [1.807, 2.05) is 23.5 Å². The molecule has 0 spiro atoms. The number of hydrogen-bond acceptors (Lipinski definition) is 6. The number of carbonyl (C=O) groups is 1. The predicted molar refractivity (Wildman–Crippen MR) is 124 cm³/mol. The molecule has 8 nitrogen and oxygen atoms in total. The summed E-state index contributed by atoms with van der Waals surface area (Å²) < 4.78 is 20.4. The zero-order valence-electron chi connectivity index (χ0n) is 19.3. The minimum absolute atomic E-state index is 0.0250. The average Bonchev–Trinajstić information content (AvgIpc) is 3.49. The molecule has 32 heavy (non-hydrogen) atoms. The molecule has 0 radical (unpaired) electrons. The van der Waals surface area contributed by atoms with E-state index in [9.17, 15) is 9.00 Å². The van der Waals surface area contributed by atoms with Gasteiger partial charge in [0.15, 0.2) is 5.69 Å². The van der Waals surface area contributed by atoms with Crippen LogP contribution in [0, 0.1) is 5.92 Å². The van der Waals surface area contributed by atoms with Crippen LogP contribution in [-0.4, -0.2) is 56.8 Å². The van der Waals surface area contributed by atoms with Crippen LogP contribution in [0.1, 0.15) is 68.6 Å². The van der Waals surface area contributed by atoms with Crippen LogP contribution < -0.4 is 10.2 Å². The topological polar surface area (TPSA) is 91.6 Å². The highest BCUT2D eigenvalue weighted by molar-refractivity contribution is 7.82. The van der Waals surface area contributed by atoms with Gasteiger partial charge in [-0.05, 0) is 50.7 Å². The van der Waals surface area contributed by atoms with Crippen LogP contribution in [0.5, 0.6) is 0 Å². The van der Waals surface area contributed by atoms with Crippen LogP contribution in [0.4, 0.5) is 5.82 Å². The number of aromatic nitrogens is 2. The van der Waals surface area contributed by atoms with Crippen LogP contribution in [0.15, 0.2) is 33.8 Å². The highest BCUT2D eigenvalue weighted by Gasteiger charge is 2.32. The number of nitrogens with zero attached hydrogens (tertiary/aromatic N) is 4. The summed E-state index contributed by atoms with van der Waals surface area (Å²) in [6, 6.07) is 5.68. The van der Waals surface area contributed by atoms with Crippen LogP contribution in [0.25, 0.3) is 0 Å². The van der Waals surface area contributed by atoms with Gasteiger partial charge in [0.25, 0.3) is 5.91 Å². The van der Waals surface area contributed by atoms with Crippen molar-refractivity contribution >= 4 is 22.7 Å². The van der Waals surface area contributed by atoms with Crippen LogP contribution in [0.3, 0.4) is 0 Å². The molecule has 0 aromatic carbocycles. The largest absolute Gasteiger partial charge is 0.360 e. The fraction of sp³-hybridized carbons (Fsp3) is 0.609. The second kappa shape index (κ2) is 9.70. The maximum absolute atomic E-state index is 13.2. The van der Waals surface area contributed by atoms with Crippen molar-refractivity contribution in [2.24, 2.45) is 5.92 Å². The molecule has 1 amide bonds. The minimum atomic E-state index is -1.28. The second-order valence-electron chi connectivity index (χ2n) is 9.45. The van der Waals surface area contributed by atoms with E-state index < -0.39 is 11.0 Å². The highest BCUT2D eigenvalue weighted by atomic mass is 32.2. The summed E-state index contributed by atoms with van der Waals surface area (Å²) in [7, 11) is 0.741. The Balaban J connectivity index is 1.31. The summed E-state index contributed by atoms with van der Waals surface area (Å²) in [4.78, 5) is 19.9. The van der Waals surface area contributed by atoms with E-state index in [0.717, 1.165) is 43.8 Å². The van der Waals surface area contributed by atoms with Crippen molar-refractivity contribution in [3.05, 3.63) is 35.9 Å². The third-order valence-electron chi connectivity index (χ3n) is 6.06. The molecule has 1 unspecified atom stereocenters. The van der Waals surface area contributed by atoms with Crippen molar-refractivity contribution in [3.8, 4) is 0 Å². The first-order valence-electron chi connectivity index (χ1n) is 11.4. The lowest BCUT2D eigenvalue weighted by Crippen LogP contribution is -2.49. The average molecular weight is 460 g/mol. The Hall–Kier alpha value is -2.26. The molecule has 0 bridgehead atoms. The smallest absolute Gasteiger partial charge is 0.273 e. The van der Waals surface area contributed by atoms with Gasteiger partial charge in [0.2, 0.25) is 0 Å². The number of carbonyl (C=O) groups excluding carboxylic acids is 1. The fourth-order valence-electron chi connectivity index (χ4n) is 4.22. The van der Waals surface area contributed by atoms with E-state index in [4.69, 9.17) is 4.52 Å². The maximum atomic E-state index is 13.2. The van der Waals surface area contributed by atoms with Crippen molar-refractivity contribution in [1.82, 2.24) is 19.8 Å². The summed E-state index contributed by atoms with van der Waals surface area (Å²) >= 11 is 0. The van der Waals surface area contributed by atoms with E-state index in [1.54, 1.807) is 12.3 Å². The molecule has 1 aliphatic carbocycles. The molecule has 1 N–H and O–H groups in total. The first-order valence-corrected chi connectivity index (χ1v) is 12.6. The van der Waals surface area contributed by atoms with Crippen molar-refractivity contribution < 1.29 is 13.5 Å². The Bertz CT molecular complexity index is 957. The maximum Gasteiger partial charge on any atom is 0.273 e. The van der Waals surface area contributed by atoms with Gasteiger partial charge in [0.05, 0.1) is 4.90 Å². The Kier molecular flexibility index (Phi) is 6.95. The molecule has 3 heterocycles. The number of anilines is 1. The minimum Gasteiger partial charge on any atom is -0.360 e. The Morgan fingerprint density at radius 3 is 2.75 bits per heavy atom. The van der Waals surface area contributed by atoms with Crippen molar-refractivity contribution in [1.29, 1.82) is 0 Å². The summed E-state index contributed by atoms with van der Waals surface area (Å²) in [5, 5.41) is 6.99. The van der Waals surface area contributed by atoms with Gasteiger partial charge < -0.3 is 14.7 Å². The first-order chi connectivity index (χ1) is 15.3. The number of nitrogens with one attached hydrogen (secondary N) is 1. The van der Waals surface area contributed by atoms with E-state index in [1.165, 1.54) is 0 Å². The summed E-state index contributed by atoms with van der Waals surface area (Å²) in [5.41, 5.74) is 0.346. The molecule has 2 fully saturated rings. The standard InChI is InChI=1S/C23H33N5O3S/c1-15(2)14-27(4)22-8-7-19(13-24-22)32(30)28-10-9-18(11-16(28)3)25-23(29)20-12-21(31-26-20)17-5-6-17/h7-8,12-13,15-18H,5-6,9-11,14H2,1-4H3,(H,25,29)/t16-,18-,32?/m1/s1. The van der Waals surface area contributed by atoms with E-state index in [-0.39, 0.29) is 18.0 Å². The molecular weight excluding hydrogens is 426 g/mol. The van der Waals surface area contributed by atoms with Gasteiger partial charge in [-0.3, -0.25) is 4.79 Å². The SMILES string of the molecule is CC(C)CN(C)c1ccc(S(=O)N2CC[C@@H](NC(=O)c3cc(C4CC4)on3)C[C@H]2C)cn1. The summed E-state index contributed by atoms with van der Waals surface area (Å²) in [6.07, 6.45) is 5.39. The number of piperidine rings is 1. The van der Waals surface area contributed by atoms with Crippen LogP contribution in [0.2, 0.25) is 0 Å². The van der Waals surface area contributed by atoms with Gasteiger partial charge in [-0.25, -0.2) is 13.5 Å². The van der Waals surface area contributed by atoms with E-state index in [2.05, 4.69) is 41.1 Å². The quantitative estimate of drug-likeness (QED) is 0.651. The van der Waals surface area contributed by atoms with E-state index in [0.29, 0.717) is 29.0 Å². The molecule has 1 saturated heterocycles. The van der Waals surface area contributed by atoms with Gasteiger partial charge in [-0.15, -0.1) is 0 Å². The molecule has 4 rings (SSSR count). The van der Waals surface area contributed by atoms with Gasteiger partial charge in [-0.2, -0.15) is 0 Å². The molecule has 3 atom stereocenters. The molecule has 2 aromatic rings. The Labute approximate surface area is 192 Å². The lowest BCUT2D eigenvalue weighted by Gasteiger charge is -2.36. The number of amides is 1. The Morgan fingerprint density at radius 2 is 2.12 bits per heavy atom. The van der Waals surface area contributed by atoms with Gasteiger partial charge in [0.1, 0.15) is 22.6 Å². The predicted octanol–water partition coefficient (Wildman–Crippen LogP) is 3.34. The molecule has 9 heteroatoms. The van der Waals surface area contributed by atoms with Crippen molar-refractivity contribution in [3.63, 3.8) is 0 Å². The van der Waals surface area contributed by atoms with Gasteiger partial charge in [0, 0.05) is 50.4 Å². The Morgan fingerprint density at radius 1 is 1.34 bits per heavy atom. The zero-order chi connectivity index (χ0) is 22.8. The fourth-order valence-corrected chi connectivity index (χ4v) is 5.50. The molecular formula is C23H33N5O3S. The van der Waals surface area contributed by atoms with Gasteiger partial charge in [-0.1, -0.05) is 19.0 Å². The molecule has 2 aromatic heterocycles. The molecule has 1 saturated carbocycles. The first kappa shape index (κ1) is 22.9. The number of rotatable bonds is 8. The zero-order valence-corrected chi connectivity index (χ0v) is 20.1. The van der Waals surface area contributed by atoms with Crippen LogP contribution in [-0.2, 0) is 11.0 Å². The highest BCUT2D eigenvalue weighted by Crippen LogP contribution is 2.40. The van der Waals surface area contributed by atoms with Crippen molar-refractivity contribution in [2.45, 2.75) is 69.4 Å². The summed E-state index contributed by atoms with van der Waals surface area (Å²) in [6.45, 7) is 7.95.